The Labute approximate surface area is 163 Å². The molecular weight excluding hydrogens is 360 g/mol. The van der Waals surface area contributed by atoms with E-state index in [1.54, 1.807) is 0 Å². The summed E-state index contributed by atoms with van der Waals surface area (Å²) >= 11 is 0. The molecule has 0 saturated carbocycles. The van der Waals surface area contributed by atoms with E-state index in [1.165, 1.54) is 5.56 Å². The first-order valence-corrected chi connectivity index (χ1v) is 9.71. The lowest BCUT2D eigenvalue weighted by Gasteiger charge is -2.38. The van der Waals surface area contributed by atoms with Gasteiger partial charge in [-0.3, -0.25) is 19.2 Å². The number of aliphatic hydroxyl groups is 1. The zero-order chi connectivity index (χ0) is 20.1. The van der Waals surface area contributed by atoms with Crippen molar-refractivity contribution in [3.8, 4) is 0 Å². The molecule has 0 aliphatic carbocycles. The van der Waals surface area contributed by atoms with Gasteiger partial charge < -0.3 is 10.4 Å². The quantitative estimate of drug-likeness (QED) is 0.655. The van der Waals surface area contributed by atoms with Crippen LogP contribution in [0, 0.1) is 11.8 Å². The lowest BCUT2D eigenvalue weighted by molar-refractivity contribution is -0.125. The molecule has 3 atom stereocenters. The van der Waals surface area contributed by atoms with E-state index in [1.807, 2.05) is 32.0 Å². The number of hydrogen-bond donors (Lipinski definition) is 3. The number of aromatic amines is 1. The van der Waals surface area contributed by atoms with E-state index in [9.17, 15) is 14.7 Å². The summed E-state index contributed by atoms with van der Waals surface area (Å²) in [6, 6.07) is 10.1. The van der Waals surface area contributed by atoms with Crippen LogP contribution in [0.4, 0.5) is 0 Å². The second-order valence-corrected chi connectivity index (χ2v) is 7.77. The summed E-state index contributed by atoms with van der Waals surface area (Å²) in [5.41, 5.74) is 1.23. The van der Waals surface area contributed by atoms with Crippen LogP contribution in [0.2, 0.25) is 0 Å². The smallest absolute Gasteiger partial charge is 0.396 e. The first-order valence-electron chi connectivity index (χ1n) is 9.71. The number of carbonyl (C=O) groups excluding carboxylic acids is 1. The number of nitrogens with zero attached hydrogens (tertiary/aromatic N) is 2. The van der Waals surface area contributed by atoms with Crippen LogP contribution in [-0.2, 0) is 11.3 Å². The third-order valence-electron chi connectivity index (χ3n) is 5.33. The van der Waals surface area contributed by atoms with Gasteiger partial charge in [-0.05, 0) is 17.9 Å². The summed E-state index contributed by atoms with van der Waals surface area (Å²) in [4.78, 5) is 28.9. The molecule has 1 aromatic heterocycles. The molecule has 1 amide bonds. The van der Waals surface area contributed by atoms with Crippen molar-refractivity contribution >= 4 is 5.91 Å². The molecule has 2 heterocycles. The second kappa shape index (κ2) is 9.16. The van der Waals surface area contributed by atoms with Crippen molar-refractivity contribution in [3.63, 3.8) is 0 Å². The SMILES string of the molecule is CC(C)C(C(=O)N[C@@H]1CCN(Cc2ccccc2)C[C@H]1CO)c1noc(=O)[nH]1. The number of rotatable bonds is 7. The molecule has 2 aromatic rings. The highest BCUT2D eigenvalue weighted by Gasteiger charge is 2.34. The van der Waals surface area contributed by atoms with Crippen molar-refractivity contribution in [3.05, 3.63) is 52.3 Å². The van der Waals surface area contributed by atoms with E-state index in [0.29, 0.717) is 6.54 Å². The van der Waals surface area contributed by atoms with E-state index in [4.69, 9.17) is 0 Å². The summed E-state index contributed by atoms with van der Waals surface area (Å²) in [5.74, 6) is -1.36. The van der Waals surface area contributed by atoms with Crippen LogP contribution in [-0.4, -0.2) is 51.8 Å². The third kappa shape index (κ3) is 4.88. The molecule has 0 bridgehead atoms. The number of aromatic nitrogens is 2. The van der Waals surface area contributed by atoms with Gasteiger partial charge in [-0.15, -0.1) is 0 Å². The predicted octanol–water partition coefficient (Wildman–Crippen LogP) is 1.10. The zero-order valence-electron chi connectivity index (χ0n) is 16.3. The molecule has 28 heavy (non-hydrogen) atoms. The molecule has 1 aliphatic heterocycles. The zero-order valence-corrected chi connectivity index (χ0v) is 16.3. The largest absolute Gasteiger partial charge is 0.438 e. The number of amides is 1. The second-order valence-electron chi connectivity index (χ2n) is 7.77. The number of piperidine rings is 1. The fraction of sp³-hybridized carbons (Fsp3) is 0.550. The van der Waals surface area contributed by atoms with Crippen molar-refractivity contribution in [2.45, 2.75) is 38.8 Å². The Hall–Kier alpha value is -2.45. The standard InChI is InChI=1S/C20H28N4O4/c1-13(2)17(18-22-20(27)28-23-18)19(26)21-16-8-9-24(11-15(16)12-25)10-14-6-4-3-5-7-14/h3-7,13,15-17,25H,8-12H2,1-2H3,(H,21,26)(H,22,23,27)/t15-,16+,17?/m0/s1. The normalized spacial score (nSPS) is 21.6. The number of nitrogens with one attached hydrogen (secondary N) is 2. The maximum absolute atomic E-state index is 12.9. The van der Waals surface area contributed by atoms with Gasteiger partial charge >= 0.3 is 5.76 Å². The van der Waals surface area contributed by atoms with Gasteiger partial charge in [-0.25, -0.2) is 4.79 Å². The average molecular weight is 388 g/mol. The Morgan fingerprint density at radius 3 is 2.75 bits per heavy atom. The summed E-state index contributed by atoms with van der Waals surface area (Å²) < 4.78 is 4.56. The monoisotopic (exact) mass is 388 g/mol. The number of benzene rings is 1. The van der Waals surface area contributed by atoms with Crippen LogP contribution in [0.3, 0.4) is 0 Å². The molecule has 8 nitrogen and oxygen atoms in total. The fourth-order valence-corrected chi connectivity index (χ4v) is 3.86. The number of H-pyrrole nitrogens is 1. The van der Waals surface area contributed by atoms with Crippen molar-refractivity contribution in [1.82, 2.24) is 20.4 Å². The van der Waals surface area contributed by atoms with Gasteiger partial charge in [0.1, 0.15) is 5.92 Å². The maximum Gasteiger partial charge on any atom is 0.438 e. The van der Waals surface area contributed by atoms with E-state index in [0.717, 1.165) is 19.5 Å². The average Bonchev–Trinajstić information content (AvgIpc) is 3.09. The molecule has 1 unspecified atom stereocenters. The van der Waals surface area contributed by atoms with Gasteiger partial charge in [0.15, 0.2) is 5.82 Å². The van der Waals surface area contributed by atoms with Crippen molar-refractivity contribution in [2.24, 2.45) is 11.8 Å². The molecule has 3 N–H and O–H groups in total. The minimum Gasteiger partial charge on any atom is -0.396 e. The summed E-state index contributed by atoms with van der Waals surface area (Å²) in [6.45, 7) is 6.16. The number of aliphatic hydroxyl groups excluding tert-OH is 1. The van der Waals surface area contributed by atoms with Crippen molar-refractivity contribution in [1.29, 1.82) is 0 Å². The van der Waals surface area contributed by atoms with Crippen molar-refractivity contribution < 1.29 is 14.4 Å². The predicted molar refractivity (Wildman–Crippen MR) is 104 cm³/mol. The topological polar surface area (TPSA) is 111 Å². The van der Waals surface area contributed by atoms with E-state index in [2.05, 4.69) is 37.0 Å². The Morgan fingerprint density at radius 2 is 2.14 bits per heavy atom. The number of carbonyl (C=O) groups is 1. The summed E-state index contributed by atoms with van der Waals surface area (Å²) in [5, 5.41) is 16.6. The Kier molecular flexibility index (Phi) is 6.64. The molecule has 1 saturated heterocycles. The van der Waals surface area contributed by atoms with Crippen LogP contribution in [0.5, 0.6) is 0 Å². The molecule has 0 spiro atoms. The molecule has 3 rings (SSSR count). The molecule has 1 aliphatic rings. The maximum atomic E-state index is 12.9. The first kappa shape index (κ1) is 20.3. The lowest BCUT2D eigenvalue weighted by Crippen LogP contribution is -2.53. The third-order valence-corrected chi connectivity index (χ3v) is 5.33. The molecule has 1 fully saturated rings. The van der Waals surface area contributed by atoms with Crippen LogP contribution < -0.4 is 11.1 Å². The highest BCUT2D eigenvalue weighted by molar-refractivity contribution is 5.83. The van der Waals surface area contributed by atoms with Gasteiger partial charge in [0, 0.05) is 38.2 Å². The summed E-state index contributed by atoms with van der Waals surface area (Å²) in [6.07, 6.45) is 0.754. The number of likely N-dealkylation sites (tertiary alicyclic amines) is 1. The van der Waals surface area contributed by atoms with Gasteiger partial charge in [-0.2, -0.15) is 0 Å². The van der Waals surface area contributed by atoms with Gasteiger partial charge in [0.25, 0.3) is 0 Å². The molecular formula is C20H28N4O4. The molecule has 152 valence electrons. The van der Waals surface area contributed by atoms with Gasteiger partial charge in [0.05, 0.1) is 0 Å². The van der Waals surface area contributed by atoms with Crippen LogP contribution in [0.1, 0.15) is 37.6 Å². The fourth-order valence-electron chi connectivity index (χ4n) is 3.86. The minimum atomic E-state index is -0.670. The van der Waals surface area contributed by atoms with Crippen LogP contribution in [0.15, 0.2) is 39.6 Å². The molecule has 0 radical (unpaired) electrons. The van der Waals surface area contributed by atoms with E-state index in [-0.39, 0.29) is 36.2 Å². The first-order chi connectivity index (χ1) is 13.5. The van der Waals surface area contributed by atoms with Crippen LogP contribution >= 0.6 is 0 Å². The van der Waals surface area contributed by atoms with Gasteiger partial charge in [0.2, 0.25) is 5.91 Å². The van der Waals surface area contributed by atoms with Gasteiger partial charge in [-0.1, -0.05) is 49.3 Å². The van der Waals surface area contributed by atoms with Crippen LogP contribution in [0.25, 0.3) is 0 Å². The summed E-state index contributed by atoms with van der Waals surface area (Å²) in [7, 11) is 0. The highest BCUT2D eigenvalue weighted by Crippen LogP contribution is 2.24. The lowest BCUT2D eigenvalue weighted by atomic mass is 9.89. The minimum absolute atomic E-state index is 0.00335. The Balaban J connectivity index is 1.63. The Bertz CT molecular complexity index is 817. The molecule has 8 heteroatoms. The van der Waals surface area contributed by atoms with E-state index < -0.39 is 11.7 Å². The van der Waals surface area contributed by atoms with Crippen molar-refractivity contribution in [2.75, 3.05) is 19.7 Å². The number of hydrogen-bond acceptors (Lipinski definition) is 6. The Morgan fingerprint density at radius 1 is 1.39 bits per heavy atom. The highest BCUT2D eigenvalue weighted by atomic mass is 16.5. The molecule has 1 aromatic carbocycles. The van der Waals surface area contributed by atoms with E-state index >= 15 is 0 Å².